The average Bonchev–Trinajstić information content (AvgIpc) is 2.90. The van der Waals surface area contributed by atoms with Crippen LogP contribution in [0.4, 0.5) is 0 Å². The molecule has 0 bridgehead atoms. The average molecular weight is 331 g/mol. The zero-order valence-electron chi connectivity index (χ0n) is 13.9. The van der Waals surface area contributed by atoms with Crippen LogP contribution in [0.25, 0.3) is 11.0 Å². The Labute approximate surface area is 142 Å². The predicted octanol–water partition coefficient (Wildman–Crippen LogP) is 3.69. The van der Waals surface area contributed by atoms with Crippen LogP contribution in [0.5, 0.6) is 0 Å². The number of rotatable bonds is 4. The van der Waals surface area contributed by atoms with Gasteiger partial charge >= 0.3 is 0 Å². The lowest BCUT2D eigenvalue weighted by atomic mass is 10.1. The van der Waals surface area contributed by atoms with E-state index in [1.165, 1.54) is 29.5 Å². The molecule has 0 spiro atoms. The Morgan fingerprint density at radius 1 is 1.39 bits per heavy atom. The highest BCUT2D eigenvalue weighted by atomic mass is 32.2. The van der Waals surface area contributed by atoms with E-state index in [1.807, 2.05) is 30.0 Å². The summed E-state index contributed by atoms with van der Waals surface area (Å²) in [4.78, 5) is 4.73. The third-order valence-corrected chi connectivity index (χ3v) is 5.38. The highest BCUT2D eigenvalue weighted by Gasteiger charge is 2.15. The van der Waals surface area contributed by atoms with Gasteiger partial charge in [0.1, 0.15) is 17.9 Å². The number of hydrogen-bond acceptors (Lipinski definition) is 3. The fraction of sp³-hybridized carbons (Fsp3) is 0.500. The number of hydrogen-bond donors (Lipinski definition) is 2. The van der Waals surface area contributed by atoms with Crippen LogP contribution in [0.15, 0.2) is 33.7 Å². The molecular formula is C18H25N3OS. The molecule has 4 nitrogen and oxygen atoms in total. The van der Waals surface area contributed by atoms with Gasteiger partial charge in [0, 0.05) is 29.3 Å². The van der Waals surface area contributed by atoms with Crippen molar-refractivity contribution in [3.8, 4) is 0 Å². The number of para-hydroxylation sites is 1. The quantitative estimate of drug-likeness (QED) is 0.663. The summed E-state index contributed by atoms with van der Waals surface area (Å²) in [5.41, 5.74) is 2.13. The van der Waals surface area contributed by atoms with Gasteiger partial charge in [-0.25, -0.2) is 4.99 Å². The number of nitrogens with zero attached hydrogens (tertiary/aromatic N) is 1. The SMILES string of the molecule is CCNC(=NCc1oc2ccccc2c1C)NC1CCCSC1. The minimum absolute atomic E-state index is 0.517. The molecule has 1 atom stereocenters. The van der Waals surface area contributed by atoms with Crippen molar-refractivity contribution in [1.29, 1.82) is 0 Å². The van der Waals surface area contributed by atoms with E-state index in [-0.39, 0.29) is 0 Å². The van der Waals surface area contributed by atoms with Crippen LogP contribution in [-0.2, 0) is 6.54 Å². The molecule has 1 aromatic carbocycles. The van der Waals surface area contributed by atoms with E-state index < -0.39 is 0 Å². The predicted molar refractivity (Wildman–Crippen MR) is 99.2 cm³/mol. The highest BCUT2D eigenvalue weighted by molar-refractivity contribution is 7.99. The molecule has 1 fully saturated rings. The number of furan rings is 1. The Hall–Kier alpha value is -1.62. The van der Waals surface area contributed by atoms with Gasteiger partial charge < -0.3 is 15.1 Å². The normalized spacial score (nSPS) is 19.0. The Kier molecular flexibility index (Phi) is 5.49. The summed E-state index contributed by atoms with van der Waals surface area (Å²) in [6.07, 6.45) is 2.51. The Bertz CT molecular complexity index is 674. The molecule has 0 radical (unpaired) electrons. The van der Waals surface area contributed by atoms with Crippen molar-refractivity contribution in [2.24, 2.45) is 4.99 Å². The fourth-order valence-electron chi connectivity index (χ4n) is 2.89. The molecule has 1 aromatic heterocycles. The summed E-state index contributed by atoms with van der Waals surface area (Å²) in [5.74, 6) is 4.28. The van der Waals surface area contributed by atoms with Gasteiger partial charge in [0.15, 0.2) is 5.96 Å². The number of nitrogens with one attached hydrogen (secondary N) is 2. The second-order valence-corrected chi connectivity index (χ2v) is 7.05. The van der Waals surface area contributed by atoms with Gasteiger partial charge in [0.2, 0.25) is 0 Å². The Morgan fingerprint density at radius 2 is 2.26 bits per heavy atom. The van der Waals surface area contributed by atoms with Crippen LogP contribution >= 0.6 is 11.8 Å². The summed E-state index contributed by atoms with van der Waals surface area (Å²) in [7, 11) is 0. The Morgan fingerprint density at radius 3 is 3.00 bits per heavy atom. The van der Waals surface area contributed by atoms with Crippen molar-refractivity contribution in [2.75, 3.05) is 18.1 Å². The molecule has 23 heavy (non-hydrogen) atoms. The number of thioether (sulfide) groups is 1. The second-order valence-electron chi connectivity index (χ2n) is 5.90. The molecule has 1 unspecified atom stereocenters. The molecule has 5 heteroatoms. The van der Waals surface area contributed by atoms with Gasteiger partial charge in [-0.15, -0.1) is 0 Å². The molecule has 2 heterocycles. The summed E-state index contributed by atoms with van der Waals surface area (Å²) >= 11 is 2.02. The van der Waals surface area contributed by atoms with Gasteiger partial charge in [0.05, 0.1) is 0 Å². The third-order valence-electron chi connectivity index (χ3n) is 4.17. The van der Waals surface area contributed by atoms with Crippen LogP contribution in [-0.4, -0.2) is 30.1 Å². The number of guanidine groups is 1. The second kappa shape index (κ2) is 7.77. The molecule has 0 saturated carbocycles. The molecular weight excluding hydrogens is 306 g/mol. The molecule has 124 valence electrons. The summed E-state index contributed by atoms with van der Waals surface area (Å²) in [5, 5.41) is 8.08. The number of aryl methyl sites for hydroxylation is 1. The number of aliphatic imine (C=N–C) groups is 1. The largest absolute Gasteiger partial charge is 0.459 e. The fourth-order valence-corrected chi connectivity index (χ4v) is 3.97. The molecule has 3 rings (SSSR count). The smallest absolute Gasteiger partial charge is 0.191 e. The number of benzene rings is 1. The lowest BCUT2D eigenvalue weighted by Gasteiger charge is -2.24. The van der Waals surface area contributed by atoms with Crippen LogP contribution in [0.1, 0.15) is 31.1 Å². The number of fused-ring (bicyclic) bond motifs is 1. The van der Waals surface area contributed by atoms with Gasteiger partial charge in [-0.05, 0) is 38.5 Å². The summed E-state index contributed by atoms with van der Waals surface area (Å²) < 4.78 is 5.95. The van der Waals surface area contributed by atoms with Crippen molar-refractivity contribution in [3.05, 3.63) is 35.6 Å². The standard InChI is InChI=1S/C18H25N3OS/c1-3-19-18(21-14-7-6-10-23-12-14)20-11-17-13(2)15-8-4-5-9-16(15)22-17/h4-5,8-9,14H,3,6-7,10-12H2,1-2H3,(H2,19,20,21). The monoisotopic (exact) mass is 331 g/mol. The van der Waals surface area contributed by atoms with E-state index >= 15 is 0 Å². The van der Waals surface area contributed by atoms with Gasteiger partial charge in [-0.2, -0.15) is 11.8 Å². The van der Waals surface area contributed by atoms with Crippen molar-refractivity contribution in [1.82, 2.24) is 10.6 Å². The molecule has 0 aliphatic carbocycles. The van der Waals surface area contributed by atoms with Gasteiger partial charge in [0.25, 0.3) is 0 Å². The van der Waals surface area contributed by atoms with Crippen molar-refractivity contribution in [2.45, 2.75) is 39.3 Å². The van der Waals surface area contributed by atoms with Gasteiger partial charge in [-0.3, -0.25) is 0 Å². The molecule has 1 saturated heterocycles. The van der Waals surface area contributed by atoms with E-state index in [0.29, 0.717) is 12.6 Å². The van der Waals surface area contributed by atoms with Crippen LogP contribution < -0.4 is 10.6 Å². The van der Waals surface area contributed by atoms with E-state index in [9.17, 15) is 0 Å². The topological polar surface area (TPSA) is 49.6 Å². The molecule has 1 aliphatic rings. The summed E-state index contributed by atoms with van der Waals surface area (Å²) in [6, 6.07) is 8.68. The van der Waals surface area contributed by atoms with E-state index in [4.69, 9.17) is 9.41 Å². The van der Waals surface area contributed by atoms with Crippen molar-refractivity contribution >= 4 is 28.7 Å². The lowest BCUT2D eigenvalue weighted by Crippen LogP contribution is -2.45. The maximum Gasteiger partial charge on any atom is 0.191 e. The zero-order valence-corrected chi connectivity index (χ0v) is 14.7. The van der Waals surface area contributed by atoms with E-state index in [2.05, 4.69) is 30.5 Å². The minimum Gasteiger partial charge on any atom is -0.459 e. The maximum atomic E-state index is 5.95. The lowest BCUT2D eigenvalue weighted by molar-refractivity contribution is 0.544. The first-order valence-corrected chi connectivity index (χ1v) is 9.53. The first kappa shape index (κ1) is 16.2. The van der Waals surface area contributed by atoms with Crippen LogP contribution in [0.3, 0.4) is 0 Å². The third kappa shape index (κ3) is 4.02. The highest BCUT2D eigenvalue weighted by Crippen LogP contribution is 2.25. The molecule has 1 aliphatic heterocycles. The minimum atomic E-state index is 0.517. The Balaban J connectivity index is 1.72. The maximum absolute atomic E-state index is 5.95. The molecule has 0 amide bonds. The van der Waals surface area contributed by atoms with E-state index in [0.717, 1.165) is 29.6 Å². The molecule has 2 aromatic rings. The van der Waals surface area contributed by atoms with Gasteiger partial charge in [-0.1, -0.05) is 18.2 Å². The van der Waals surface area contributed by atoms with Crippen molar-refractivity contribution in [3.63, 3.8) is 0 Å². The van der Waals surface area contributed by atoms with Crippen molar-refractivity contribution < 1.29 is 4.42 Å². The zero-order chi connectivity index (χ0) is 16.1. The van der Waals surface area contributed by atoms with Crippen LogP contribution in [0.2, 0.25) is 0 Å². The van der Waals surface area contributed by atoms with E-state index in [1.54, 1.807) is 0 Å². The first-order chi connectivity index (χ1) is 11.3. The van der Waals surface area contributed by atoms with Crippen LogP contribution in [0, 0.1) is 6.92 Å². The summed E-state index contributed by atoms with van der Waals surface area (Å²) in [6.45, 7) is 5.63. The molecule has 2 N–H and O–H groups in total. The first-order valence-electron chi connectivity index (χ1n) is 8.37.